The standard InChI is InChI=1S/C7H7IO2/c8-6-4-2-1-3-5(6)7(9)10/h1-4,7,9-10H. The highest BCUT2D eigenvalue weighted by Crippen LogP contribution is 2.16. The molecule has 0 bridgehead atoms. The Morgan fingerprint density at radius 1 is 1.20 bits per heavy atom. The van der Waals surface area contributed by atoms with Gasteiger partial charge in [-0.1, -0.05) is 18.2 Å². The fraction of sp³-hybridized carbons (Fsp3) is 0.143. The Hall–Kier alpha value is -0.130. The summed E-state index contributed by atoms with van der Waals surface area (Å²) in [6.07, 6.45) is -1.35. The van der Waals surface area contributed by atoms with Crippen LogP contribution in [0.5, 0.6) is 0 Å². The van der Waals surface area contributed by atoms with Crippen molar-refractivity contribution in [2.45, 2.75) is 6.29 Å². The molecular formula is C7H7IO2. The molecule has 0 radical (unpaired) electrons. The molecule has 2 N–H and O–H groups in total. The molecule has 0 aliphatic rings. The number of benzene rings is 1. The average molecular weight is 250 g/mol. The molecule has 0 unspecified atom stereocenters. The highest BCUT2D eigenvalue weighted by atomic mass is 127. The summed E-state index contributed by atoms with van der Waals surface area (Å²) < 4.78 is 0.870. The first kappa shape index (κ1) is 7.97. The van der Waals surface area contributed by atoms with Crippen molar-refractivity contribution in [1.82, 2.24) is 0 Å². The summed E-state index contributed by atoms with van der Waals surface area (Å²) in [5.74, 6) is 0. The van der Waals surface area contributed by atoms with E-state index >= 15 is 0 Å². The average Bonchev–Trinajstić information content (AvgIpc) is 1.88. The van der Waals surface area contributed by atoms with E-state index in [1.54, 1.807) is 12.1 Å². The van der Waals surface area contributed by atoms with E-state index in [9.17, 15) is 0 Å². The molecular weight excluding hydrogens is 243 g/mol. The van der Waals surface area contributed by atoms with E-state index in [2.05, 4.69) is 22.6 Å². The molecule has 1 rings (SSSR count). The first-order valence-electron chi connectivity index (χ1n) is 2.82. The molecule has 0 aliphatic carbocycles. The maximum Gasteiger partial charge on any atom is 0.179 e. The molecule has 3 heteroatoms. The molecule has 0 saturated heterocycles. The lowest BCUT2D eigenvalue weighted by atomic mass is 10.2. The van der Waals surface area contributed by atoms with Crippen molar-refractivity contribution >= 4 is 22.6 Å². The number of aliphatic hydroxyl groups is 2. The van der Waals surface area contributed by atoms with Crippen LogP contribution in [-0.4, -0.2) is 10.2 Å². The summed E-state index contributed by atoms with van der Waals surface area (Å²) in [5, 5.41) is 17.5. The number of rotatable bonds is 1. The Morgan fingerprint density at radius 3 is 2.20 bits per heavy atom. The van der Waals surface area contributed by atoms with Crippen LogP contribution < -0.4 is 0 Å². The van der Waals surface area contributed by atoms with Crippen LogP contribution in [0.25, 0.3) is 0 Å². The van der Waals surface area contributed by atoms with Crippen LogP contribution in [0.4, 0.5) is 0 Å². The van der Waals surface area contributed by atoms with Gasteiger partial charge in [0.15, 0.2) is 6.29 Å². The highest BCUT2D eigenvalue weighted by molar-refractivity contribution is 14.1. The Balaban J connectivity index is 3.03. The summed E-state index contributed by atoms with van der Waals surface area (Å²) in [4.78, 5) is 0. The molecule has 10 heavy (non-hydrogen) atoms. The van der Waals surface area contributed by atoms with E-state index < -0.39 is 6.29 Å². The van der Waals surface area contributed by atoms with Crippen LogP contribution in [0.3, 0.4) is 0 Å². The summed E-state index contributed by atoms with van der Waals surface area (Å²) in [5.41, 5.74) is 0.558. The fourth-order valence-corrected chi connectivity index (χ4v) is 1.35. The molecule has 1 aromatic rings. The molecule has 1 aromatic carbocycles. The summed E-state index contributed by atoms with van der Waals surface area (Å²) >= 11 is 2.06. The van der Waals surface area contributed by atoms with Gasteiger partial charge in [-0.05, 0) is 28.7 Å². The van der Waals surface area contributed by atoms with Gasteiger partial charge in [-0.15, -0.1) is 0 Å². The minimum Gasteiger partial charge on any atom is -0.364 e. The van der Waals surface area contributed by atoms with Gasteiger partial charge in [0.2, 0.25) is 0 Å². The van der Waals surface area contributed by atoms with Crippen LogP contribution in [-0.2, 0) is 0 Å². The zero-order valence-electron chi connectivity index (χ0n) is 5.16. The van der Waals surface area contributed by atoms with Gasteiger partial charge in [-0.3, -0.25) is 0 Å². The van der Waals surface area contributed by atoms with Gasteiger partial charge in [0, 0.05) is 9.13 Å². The predicted molar refractivity (Wildman–Crippen MR) is 46.3 cm³/mol. The van der Waals surface area contributed by atoms with Crippen LogP contribution in [0.1, 0.15) is 11.9 Å². The SMILES string of the molecule is OC(O)c1ccccc1I. The third kappa shape index (κ3) is 1.68. The smallest absolute Gasteiger partial charge is 0.179 e. The minimum atomic E-state index is -1.35. The van der Waals surface area contributed by atoms with E-state index in [0.29, 0.717) is 5.56 Å². The van der Waals surface area contributed by atoms with E-state index in [0.717, 1.165) is 3.57 Å². The lowest BCUT2D eigenvalue weighted by molar-refractivity contribution is -0.0431. The second-order valence-electron chi connectivity index (χ2n) is 1.90. The van der Waals surface area contributed by atoms with Crippen molar-refractivity contribution < 1.29 is 10.2 Å². The maximum atomic E-state index is 8.76. The van der Waals surface area contributed by atoms with Gasteiger partial charge in [-0.2, -0.15) is 0 Å². The van der Waals surface area contributed by atoms with Gasteiger partial charge in [0.05, 0.1) is 0 Å². The third-order valence-electron chi connectivity index (χ3n) is 1.18. The first-order chi connectivity index (χ1) is 4.72. The van der Waals surface area contributed by atoms with Gasteiger partial charge >= 0.3 is 0 Å². The van der Waals surface area contributed by atoms with Gasteiger partial charge in [0.1, 0.15) is 0 Å². The zero-order chi connectivity index (χ0) is 7.56. The molecule has 0 fully saturated rings. The van der Waals surface area contributed by atoms with Crippen LogP contribution >= 0.6 is 22.6 Å². The number of hydrogen-bond acceptors (Lipinski definition) is 2. The van der Waals surface area contributed by atoms with Crippen molar-refractivity contribution in [3.63, 3.8) is 0 Å². The third-order valence-corrected chi connectivity index (χ3v) is 2.17. The van der Waals surface area contributed by atoms with Gasteiger partial charge in [0.25, 0.3) is 0 Å². The van der Waals surface area contributed by atoms with Crippen LogP contribution in [0, 0.1) is 3.57 Å². The fourth-order valence-electron chi connectivity index (χ4n) is 0.684. The molecule has 0 heterocycles. The van der Waals surface area contributed by atoms with Crippen molar-refractivity contribution in [2.24, 2.45) is 0 Å². The molecule has 0 saturated carbocycles. The maximum absolute atomic E-state index is 8.76. The number of hydrogen-bond donors (Lipinski definition) is 2. The molecule has 0 spiro atoms. The number of aliphatic hydroxyl groups excluding tert-OH is 1. The van der Waals surface area contributed by atoms with Crippen molar-refractivity contribution in [1.29, 1.82) is 0 Å². The Bertz CT molecular complexity index is 223. The molecule has 0 amide bonds. The highest BCUT2D eigenvalue weighted by Gasteiger charge is 2.04. The molecule has 54 valence electrons. The van der Waals surface area contributed by atoms with Crippen LogP contribution in [0.2, 0.25) is 0 Å². The zero-order valence-corrected chi connectivity index (χ0v) is 7.32. The van der Waals surface area contributed by atoms with Crippen molar-refractivity contribution in [3.8, 4) is 0 Å². The lowest BCUT2D eigenvalue weighted by Crippen LogP contribution is -1.96. The normalized spacial score (nSPS) is 10.4. The van der Waals surface area contributed by atoms with Crippen LogP contribution in [0.15, 0.2) is 24.3 Å². The Labute approximate surface area is 72.6 Å². The quantitative estimate of drug-likeness (QED) is 0.582. The lowest BCUT2D eigenvalue weighted by Gasteiger charge is -2.04. The van der Waals surface area contributed by atoms with E-state index in [1.165, 1.54) is 0 Å². The Kier molecular flexibility index (Phi) is 2.64. The van der Waals surface area contributed by atoms with E-state index in [-0.39, 0.29) is 0 Å². The minimum absolute atomic E-state index is 0.558. The van der Waals surface area contributed by atoms with Crippen molar-refractivity contribution in [2.75, 3.05) is 0 Å². The van der Waals surface area contributed by atoms with Crippen molar-refractivity contribution in [3.05, 3.63) is 33.4 Å². The van der Waals surface area contributed by atoms with Gasteiger partial charge in [-0.25, -0.2) is 0 Å². The van der Waals surface area contributed by atoms with Gasteiger partial charge < -0.3 is 10.2 Å². The molecule has 0 aromatic heterocycles. The Morgan fingerprint density at radius 2 is 1.80 bits per heavy atom. The summed E-state index contributed by atoms with van der Waals surface area (Å²) in [6, 6.07) is 7.15. The summed E-state index contributed by atoms with van der Waals surface area (Å²) in [7, 11) is 0. The summed E-state index contributed by atoms with van der Waals surface area (Å²) in [6.45, 7) is 0. The second kappa shape index (κ2) is 3.32. The van der Waals surface area contributed by atoms with E-state index in [1.807, 2.05) is 12.1 Å². The molecule has 2 nitrogen and oxygen atoms in total. The van der Waals surface area contributed by atoms with E-state index in [4.69, 9.17) is 10.2 Å². The molecule has 0 atom stereocenters. The largest absolute Gasteiger partial charge is 0.364 e. The first-order valence-corrected chi connectivity index (χ1v) is 3.90. The predicted octanol–water partition coefficient (Wildman–Crippen LogP) is 1.27. The topological polar surface area (TPSA) is 40.5 Å². The number of halogens is 1. The molecule has 0 aliphatic heterocycles. The second-order valence-corrected chi connectivity index (χ2v) is 3.06. The monoisotopic (exact) mass is 250 g/mol.